The molecule has 2 aromatic rings. The maximum absolute atomic E-state index is 14.0. The lowest BCUT2D eigenvalue weighted by molar-refractivity contribution is 0.102. The molecule has 0 heterocycles. The number of carbonyl (C=O) groups excluding carboxylic acids is 1. The van der Waals surface area contributed by atoms with E-state index in [1.807, 2.05) is 0 Å². The Morgan fingerprint density at radius 2 is 1.67 bits per heavy atom. The third-order valence-electron chi connectivity index (χ3n) is 3.52. The van der Waals surface area contributed by atoms with Crippen LogP contribution in [0.25, 0.3) is 0 Å². The van der Waals surface area contributed by atoms with Gasteiger partial charge in [0.1, 0.15) is 5.82 Å². The van der Waals surface area contributed by atoms with Gasteiger partial charge in [-0.3, -0.25) is 4.79 Å². The second-order valence-corrected chi connectivity index (χ2v) is 7.69. The van der Waals surface area contributed by atoms with Crippen molar-refractivity contribution >= 4 is 21.6 Å². The molecule has 0 spiro atoms. The van der Waals surface area contributed by atoms with E-state index in [1.165, 1.54) is 0 Å². The largest absolute Gasteiger partial charge is 0.322 e. The van der Waals surface area contributed by atoms with Gasteiger partial charge in [0.05, 0.1) is 10.5 Å². The highest BCUT2D eigenvalue weighted by Gasteiger charge is 2.19. The Morgan fingerprint density at radius 1 is 1.00 bits per heavy atom. The third kappa shape index (κ3) is 5.52. The molecule has 0 aliphatic heterocycles. The first-order valence-corrected chi connectivity index (χ1v) is 9.29. The molecule has 0 aliphatic rings. The second-order valence-electron chi connectivity index (χ2n) is 5.93. The number of sulfonamides is 1. The van der Waals surface area contributed by atoms with E-state index in [4.69, 9.17) is 0 Å². The van der Waals surface area contributed by atoms with E-state index in [0.717, 1.165) is 36.4 Å². The summed E-state index contributed by atoms with van der Waals surface area (Å²) in [6.45, 7) is 0.576. The van der Waals surface area contributed by atoms with Crippen molar-refractivity contribution in [2.24, 2.45) is 0 Å². The molecule has 146 valence electrons. The van der Waals surface area contributed by atoms with E-state index in [2.05, 4.69) is 10.0 Å². The number of nitrogens with zero attached hydrogens (tertiary/aromatic N) is 1. The summed E-state index contributed by atoms with van der Waals surface area (Å²) < 4.78 is 67.0. The van der Waals surface area contributed by atoms with Crippen LogP contribution in [0.5, 0.6) is 0 Å². The zero-order valence-corrected chi connectivity index (χ0v) is 15.4. The van der Waals surface area contributed by atoms with Crippen LogP contribution in [0.2, 0.25) is 0 Å². The lowest BCUT2D eigenvalue weighted by atomic mass is 10.2. The fourth-order valence-electron chi connectivity index (χ4n) is 2.10. The number of anilines is 1. The van der Waals surface area contributed by atoms with E-state index in [1.54, 1.807) is 19.0 Å². The maximum atomic E-state index is 14.0. The van der Waals surface area contributed by atoms with Gasteiger partial charge in [-0.05, 0) is 44.4 Å². The van der Waals surface area contributed by atoms with Gasteiger partial charge in [0, 0.05) is 24.8 Å². The van der Waals surface area contributed by atoms with Gasteiger partial charge in [0.2, 0.25) is 10.0 Å². The number of amides is 1. The molecule has 0 saturated carbocycles. The first-order valence-electron chi connectivity index (χ1n) is 7.80. The fraction of sp³-hybridized carbons (Fsp3) is 0.235. The Morgan fingerprint density at radius 3 is 2.30 bits per heavy atom. The third-order valence-corrected chi connectivity index (χ3v) is 4.98. The van der Waals surface area contributed by atoms with Crippen LogP contribution in [-0.4, -0.2) is 46.4 Å². The SMILES string of the molecule is CN(C)CCNS(=O)(=O)c1ccc(F)c(C(=O)Nc2ccc(F)c(F)c2)c1. The van der Waals surface area contributed by atoms with E-state index >= 15 is 0 Å². The molecule has 2 rings (SSSR count). The molecule has 2 aromatic carbocycles. The summed E-state index contributed by atoms with van der Waals surface area (Å²) in [5.41, 5.74) is -0.647. The van der Waals surface area contributed by atoms with Crippen LogP contribution in [-0.2, 0) is 10.0 Å². The van der Waals surface area contributed by atoms with Crippen molar-refractivity contribution in [1.82, 2.24) is 9.62 Å². The molecule has 0 saturated heterocycles. The van der Waals surface area contributed by atoms with Crippen LogP contribution in [0.4, 0.5) is 18.9 Å². The van der Waals surface area contributed by atoms with E-state index in [0.29, 0.717) is 6.54 Å². The van der Waals surface area contributed by atoms with Crippen molar-refractivity contribution in [3.05, 3.63) is 59.4 Å². The number of nitrogens with one attached hydrogen (secondary N) is 2. The predicted octanol–water partition coefficient (Wildman–Crippen LogP) is 2.20. The summed E-state index contributed by atoms with van der Waals surface area (Å²) in [4.78, 5) is 13.7. The standard InChI is InChI=1S/C17H18F3N3O3S/c1-23(2)8-7-21-27(25,26)12-4-6-14(18)13(10-12)17(24)22-11-3-5-15(19)16(20)9-11/h3-6,9-10,21H,7-8H2,1-2H3,(H,22,24). The van der Waals surface area contributed by atoms with E-state index in [9.17, 15) is 26.4 Å². The summed E-state index contributed by atoms with van der Waals surface area (Å²) in [5, 5.41) is 2.20. The van der Waals surface area contributed by atoms with E-state index in [-0.39, 0.29) is 17.1 Å². The highest BCUT2D eigenvalue weighted by molar-refractivity contribution is 7.89. The van der Waals surface area contributed by atoms with Crippen molar-refractivity contribution in [3.63, 3.8) is 0 Å². The first-order chi connectivity index (χ1) is 12.6. The van der Waals surface area contributed by atoms with Gasteiger partial charge in [-0.2, -0.15) is 0 Å². The molecule has 10 heteroatoms. The number of hydrogen-bond donors (Lipinski definition) is 2. The van der Waals surface area contributed by atoms with Gasteiger partial charge in [0.25, 0.3) is 5.91 Å². The summed E-state index contributed by atoms with van der Waals surface area (Å²) in [6, 6.07) is 5.38. The molecule has 0 aliphatic carbocycles. The van der Waals surface area contributed by atoms with Gasteiger partial charge in [-0.25, -0.2) is 26.3 Å². The van der Waals surface area contributed by atoms with Crippen molar-refractivity contribution in [1.29, 1.82) is 0 Å². The van der Waals surface area contributed by atoms with Gasteiger partial charge >= 0.3 is 0 Å². The highest BCUT2D eigenvalue weighted by atomic mass is 32.2. The summed E-state index contributed by atoms with van der Waals surface area (Å²) in [6.07, 6.45) is 0. The summed E-state index contributed by atoms with van der Waals surface area (Å²) in [5.74, 6) is -4.24. The lowest BCUT2D eigenvalue weighted by Gasteiger charge is -2.12. The number of carbonyl (C=O) groups is 1. The maximum Gasteiger partial charge on any atom is 0.258 e. The fourth-order valence-corrected chi connectivity index (χ4v) is 3.15. The molecular weight excluding hydrogens is 383 g/mol. The number of likely N-dealkylation sites (N-methyl/N-ethyl adjacent to an activating group) is 1. The van der Waals surface area contributed by atoms with Crippen molar-refractivity contribution in [2.75, 3.05) is 32.5 Å². The minimum Gasteiger partial charge on any atom is -0.322 e. The Kier molecular flexibility index (Phi) is 6.58. The molecule has 27 heavy (non-hydrogen) atoms. The Bertz CT molecular complexity index is 950. The molecule has 0 aromatic heterocycles. The van der Waals surface area contributed by atoms with Crippen LogP contribution in [0.3, 0.4) is 0 Å². The molecule has 6 nitrogen and oxygen atoms in total. The minimum atomic E-state index is -3.95. The minimum absolute atomic E-state index is 0.101. The topological polar surface area (TPSA) is 78.5 Å². The molecule has 0 bridgehead atoms. The molecule has 1 amide bonds. The van der Waals surface area contributed by atoms with E-state index < -0.39 is 38.9 Å². The van der Waals surface area contributed by atoms with Gasteiger partial charge in [-0.1, -0.05) is 0 Å². The molecule has 2 N–H and O–H groups in total. The number of rotatable bonds is 7. The average molecular weight is 401 g/mol. The highest BCUT2D eigenvalue weighted by Crippen LogP contribution is 2.18. The Labute approximate surface area is 155 Å². The smallest absolute Gasteiger partial charge is 0.258 e. The molecule has 0 fully saturated rings. The summed E-state index contributed by atoms with van der Waals surface area (Å²) in [7, 11) is -0.405. The Balaban J connectivity index is 2.23. The van der Waals surface area contributed by atoms with Crippen LogP contribution >= 0.6 is 0 Å². The first kappa shape index (κ1) is 20.9. The van der Waals surface area contributed by atoms with Crippen LogP contribution < -0.4 is 10.0 Å². The number of benzene rings is 2. The molecule has 0 radical (unpaired) electrons. The Hall–Kier alpha value is -2.43. The van der Waals surface area contributed by atoms with Crippen molar-refractivity contribution in [2.45, 2.75) is 4.90 Å². The second kappa shape index (κ2) is 8.51. The normalized spacial score (nSPS) is 11.6. The monoisotopic (exact) mass is 401 g/mol. The van der Waals surface area contributed by atoms with Crippen molar-refractivity contribution in [3.8, 4) is 0 Å². The number of hydrogen-bond acceptors (Lipinski definition) is 4. The number of halogens is 3. The zero-order chi connectivity index (χ0) is 20.2. The quantitative estimate of drug-likeness (QED) is 0.746. The predicted molar refractivity (Wildman–Crippen MR) is 94.5 cm³/mol. The van der Waals surface area contributed by atoms with Gasteiger partial charge < -0.3 is 10.2 Å². The molecule has 0 atom stereocenters. The average Bonchev–Trinajstić information content (AvgIpc) is 2.57. The summed E-state index contributed by atoms with van der Waals surface area (Å²) >= 11 is 0. The van der Waals surface area contributed by atoms with Crippen LogP contribution in [0.1, 0.15) is 10.4 Å². The van der Waals surface area contributed by atoms with Gasteiger partial charge in [0.15, 0.2) is 11.6 Å². The molecular formula is C17H18F3N3O3S. The molecule has 0 unspecified atom stereocenters. The van der Waals surface area contributed by atoms with Gasteiger partial charge in [-0.15, -0.1) is 0 Å². The van der Waals surface area contributed by atoms with Crippen LogP contribution in [0.15, 0.2) is 41.3 Å². The van der Waals surface area contributed by atoms with Crippen LogP contribution in [0, 0.1) is 17.5 Å². The lowest BCUT2D eigenvalue weighted by Crippen LogP contribution is -2.31. The zero-order valence-electron chi connectivity index (χ0n) is 14.6. The van der Waals surface area contributed by atoms with Crippen molar-refractivity contribution < 1.29 is 26.4 Å².